The van der Waals surface area contributed by atoms with Crippen molar-refractivity contribution in [2.45, 2.75) is 26.6 Å². The second kappa shape index (κ2) is 6.02. The Morgan fingerprint density at radius 2 is 2.12 bits per heavy atom. The van der Waals surface area contributed by atoms with Crippen molar-refractivity contribution >= 4 is 15.9 Å². The molecule has 0 saturated carbocycles. The predicted molar refractivity (Wildman–Crippen MR) is 86.6 cm³/mol. The largest absolute Gasteiger partial charge is 0.345 e. The van der Waals surface area contributed by atoms with Crippen LogP contribution >= 0.6 is 0 Å². The average molecular weight is 352 g/mol. The molecule has 3 rings (SSSR count). The number of carbonyl (C=O) groups is 1. The van der Waals surface area contributed by atoms with Crippen LogP contribution in [0.25, 0.3) is 0 Å². The first-order valence-corrected chi connectivity index (χ1v) is 9.37. The molecule has 2 aromatic rings. The Kier molecular flexibility index (Phi) is 4.18. The zero-order valence-electron chi connectivity index (χ0n) is 13.9. The van der Waals surface area contributed by atoms with Crippen LogP contribution in [0, 0.1) is 6.92 Å². The Balaban J connectivity index is 1.68. The Hall–Kier alpha value is -2.20. The van der Waals surface area contributed by atoms with Gasteiger partial charge in [-0.2, -0.15) is 9.40 Å². The fourth-order valence-electron chi connectivity index (χ4n) is 2.80. The van der Waals surface area contributed by atoms with Crippen LogP contribution in [0.1, 0.15) is 27.6 Å². The topological polar surface area (TPSA) is 102 Å². The van der Waals surface area contributed by atoms with Gasteiger partial charge in [-0.05, 0) is 13.0 Å². The van der Waals surface area contributed by atoms with Gasteiger partial charge in [0.05, 0.1) is 49.3 Å². The third-order valence-electron chi connectivity index (χ3n) is 4.05. The molecule has 3 heterocycles. The van der Waals surface area contributed by atoms with Gasteiger partial charge >= 0.3 is 0 Å². The highest BCUT2D eigenvalue weighted by Gasteiger charge is 2.24. The van der Waals surface area contributed by atoms with E-state index < -0.39 is 10.0 Å². The van der Waals surface area contributed by atoms with Gasteiger partial charge in [0.25, 0.3) is 5.91 Å². The Morgan fingerprint density at radius 1 is 1.38 bits per heavy atom. The maximum atomic E-state index is 12.3. The number of fused-ring (bicyclic) bond motifs is 1. The van der Waals surface area contributed by atoms with Crippen molar-refractivity contribution in [3.63, 3.8) is 0 Å². The third-order valence-corrected chi connectivity index (χ3v) is 5.30. The number of nitrogens with zero attached hydrogens (tertiary/aromatic N) is 5. The van der Waals surface area contributed by atoms with Crippen molar-refractivity contribution in [2.24, 2.45) is 7.05 Å². The Labute approximate surface area is 140 Å². The minimum Gasteiger partial charge on any atom is -0.345 e. The quantitative estimate of drug-likeness (QED) is 0.809. The van der Waals surface area contributed by atoms with E-state index in [-0.39, 0.29) is 12.5 Å². The molecule has 130 valence electrons. The summed E-state index contributed by atoms with van der Waals surface area (Å²) in [5, 5.41) is 7.25. The third kappa shape index (κ3) is 3.20. The standard InChI is InChI=1S/C14H20N6O3S/c1-10-13(18(2)9-16-10)14(21)15-7-11-6-12-8-19(24(3,22)23)4-5-20(12)17-11/h6,9H,4-5,7-8H2,1-3H3,(H,15,21). The molecule has 0 spiro atoms. The molecular formula is C14H20N6O3S. The highest BCUT2D eigenvalue weighted by molar-refractivity contribution is 7.88. The fourth-order valence-corrected chi connectivity index (χ4v) is 3.58. The minimum atomic E-state index is -3.21. The van der Waals surface area contributed by atoms with Crippen molar-refractivity contribution in [1.29, 1.82) is 0 Å². The number of aryl methyl sites for hydroxylation is 2. The van der Waals surface area contributed by atoms with E-state index in [0.717, 1.165) is 5.69 Å². The number of rotatable bonds is 4. The fraction of sp³-hybridized carbons (Fsp3) is 0.500. The lowest BCUT2D eigenvalue weighted by Crippen LogP contribution is -2.37. The van der Waals surface area contributed by atoms with Crippen LogP contribution in [0.15, 0.2) is 12.4 Å². The smallest absolute Gasteiger partial charge is 0.270 e. The second-order valence-corrected chi connectivity index (χ2v) is 7.90. The molecule has 9 nitrogen and oxygen atoms in total. The van der Waals surface area contributed by atoms with Crippen molar-refractivity contribution in [3.05, 3.63) is 35.2 Å². The molecule has 0 radical (unpaired) electrons. The van der Waals surface area contributed by atoms with Crippen LogP contribution in [0.2, 0.25) is 0 Å². The summed E-state index contributed by atoms with van der Waals surface area (Å²) in [4.78, 5) is 16.3. The predicted octanol–water partition coefficient (Wildman–Crippen LogP) is -0.370. The van der Waals surface area contributed by atoms with Gasteiger partial charge in [0.15, 0.2) is 0 Å². The van der Waals surface area contributed by atoms with Gasteiger partial charge in [-0.1, -0.05) is 0 Å². The molecule has 0 saturated heterocycles. The molecule has 0 fully saturated rings. The van der Waals surface area contributed by atoms with Crippen LogP contribution in [0.4, 0.5) is 0 Å². The number of imidazole rings is 1. The van der Waals surface area contributed by atoms with Crippen LogP contribution in [-0.2, 0) is 36.7 Å². The first-order valence-electron chi connectivity index (χ1n) is 7.52. The van der Waals surface area contributed by atoms with Gasteiger partial charge in [0.2, 0.25) is 10.0 Å². The summed E-state index contributed by atoms with van der Waals surface area (Å²) >= 11 is 0. The highest BCUT2D eigenvalue weighted by Crippen LogP contribution is 2.16. The number of hydrogen-bond acceptors (Lipinski definition) is 5. The molecule has 24 heavy (non-hydrogen) atoms. The van der Waals surface area contributed by atoms with Crippen LogP contribution in [-0.4, -0.2) is 50.8 Å². The second-order valence-electron chi connectivity index (χ2n) is 5.92. The van der Waals surface area contributed by atoms with Crippen molar-refractivity contribution < 1.29 is 13.2 Å². The van der Waals surface area contributed by atoms with E-state index in [0.29, 0.717) is 36.7 Å². The minimum absolute atomic E-state index is 0.212. The van der Waals surface area contributed by atoms with Crippen LogP contribution in [0.3, 0.4) is 0 Å². The summed E-state index contributed by atoms with van der Waals surface area (Å²) in [7, 11) is -1.44. The zero-order valence-corrected chi connectivity index (χ0v) is 14.7. The molecule has 0 atom stereocenters. The van der Waals surface area contributed by atoms with Gasteiger partial charge < -0.3 is 9.88 Å². The molecule has 0 unspecified atom stereocenters. The molecule has 0 bridgehead atoms. The van der Waals surface area contributed by atoms with Crippen LogP contribution < -0.4 is 5.32 Å². The average Bonchev–Trinajstić information content (AvgIpc) is 3.06. The molecule has 1 amide bonds. The molecule has 1 N–H and O–H groups in total. The summed E-state index contributed by atoms with van der Waals surface area (Å²) in [5.41, 5.74) is 2.71. The van der Waals surface area contributed by atoms with Gasteiger partial charge in [-0.3, -0.25) is 9.48 Å². The first-order chi connectivity index (χ1) is 11.3. The van der Waals surface area contributed by atoms with E-state index in [1.807, 2.05) is 6.07 Å². The van der Waals surface area contributed by atoms with E-state index in [1.54, 1.807) is 29.5 Å². The molecule has 1 aliphatic rings. The number of hydrogen-bond donors (Lipinski definition) is 1. The van der Waals surface area contributed by atoms with E-state index in [1.165, 1.54) is 10.6 Å². The summed E-state index contributed by atoms with van der Waals surface area (Å²) < 4.78 is 28.2. The SMILES string of the molecule is Cc1ncn(C)c1C(=O)NCc1cc2n(n1)CCN(S(C)(=O)=O)C2. The number of carbonyl (C=O) groups excluding carboxylic acids is 1. The summed E-state index contributed by atoms with van der Waals surface area (Å²) in [5.74, 6) is -0.212. The summed E-state index contributed by atoms with van der Waals surface area (Å²) in [6, 6.07) is 1.83. The molecular weight excluding hydrogens is 332 g/mol. The van der Waals surface area contributed by atoms with Crippen molar-refractivity contribution in [2.75, 3.05) is 12.8 Å². The monoisotopic (exact) mass is 352 g/mol. The normalized spacial score (nSPS) is 15.3. The molecule has 0 aromatic carbocycles. The lowest BCUT2D eigenvalue weighted by Gasteiger charge is -2.25. The van der Waals surface area contributed by atoms with E-state index in [2.05, 4.69) is 15.4 Å². The zero-order chi connectivity index (χ0) is 17.5. The molecule has 2 aromatic heterocycles. The first kappa shape index (κ1) is 16.7. The van der Waals surface area contributed by atoms with Gasteiger partial charge in [-0.15, -0.1) is 0 Å². The van der Waals surface area contributed by atoms with Gasteiger partial charge in [0, 0.05) is 13.6 Å². The van der Waals surface area contributed by atoms with E-state index >= 15 is 0 Å². The van der Waals surface area contributed by atoms with Crippen LogP contribution in [0.5, 0.6) is 0 Å². The van der Waals surface area contributed by atoms with Crippen molar-refractivity contribution in [1.82, 2.24) is 29.0 Å². The lowest BCUT2D eigenvalue weighted by atomic mass is 10.3. The number of sulfonamides is 1. The maximum absolute atomic E-state index is 12.3. The van der Waals surface area contributed by atoms with Gasteiger partial charge in [-0.25, -0.2) is 13.4 Å². The number of nitrogens with one attached hydrogen (secondary N) is 1. The Bertz CT molecular complexity index is 863. The highest BCUT2D eigenvalue weighted by atomic mass is 32.2. The molecule has 1 aliphatic heterocycles. The van der Waals surface area contributed by atoms with Crippen molar-refractivity contribution in [3.8, 4) is 0 Å². The number of amides is 1. The van der Waals surface area contributed by atoms with E-state index in [4.69, 9.17) is 0 Å². The lowest BCUT2D eigenvalue weighted by molar-refractivity contribution is 0.0941. The summed E-state index contributed by atoms with van der Waals surface area (Å²) in [6.45, 7) is 3.29. The maximum Gasteiger partial charge on any atom is 0.270 e. The molecule has 10 heteroatoms. The summed E-state index contributed by atoms with van der Waals surface area (Å²) in [6.07, 6.45) is 2.80. The number of aromatic nitrogens is 4. The van der Waals surface area contributed by atoms with Gasteiger partial charge in [0.1, 0.15) is 5.69 Å². The molecule has 0 aliphatic carbocycles. The Morgan fingerprint density at radius 3 is 2.75 bits per heavy atom. The van der Waals surface area contributed by atoms with E-state index in [9.17, 15) is 13.2 Å².